The molecule has 0 saturated carbocycles. The fourth-order valence-electron chi connectivity index (χ4n) is 2.71. The summed E-state index contributed by atoms with van der Waals surface area (Å²) >= 11 is 5.78. The second kappa shape index (κ2) is 9.61. The van der Waals surface area contributed by atoms with Gasteiger partial charge in [-0.1, -0.05) is 11.6 Å². The van der Waals surface area contributed by atoms with Crippen LogP contribution in [0, 0.1) is 0 Å². The number of alkyl halides is 3. The Balaban J connectivity index is 1.59. The zero-order valence-corrected chi connectivity index (χ0v) is 16.7. The van der Waals surface area contributed by atoms with Crippen molar-refractivity contribution < 1.29 is 22.8 Å². The first-order valence-electron chi connectivity index (χ1n) is 9.14. The van der Waals surface area contributed by atoms with Crippen molar-refractivity contribution in [1.82, 2.24) is 20.1 Å². The van der Waals surface area contributed by atoms with Crippen LogP contribution in [0.5, 0.6) is 0 Å². The number of rotatable bonds is 7. The van der Waals surface area contributed by atoms with Crippen molar-refractivity contribution >= 4 is 29.1 Å². The van der Waals surface area contributed by atoms with Crippen LogP contribution in [0.4, 0.5) is 18.9 Å². The Morgan fingerprint density at radius 3 is 2.48 bits per heavy atom. The van der Waals surface area contributed by atoms with Gasteiger partial charge in [0.05, 0.1) is 16.9 Å². The number of hydrogen-bond acceptors (Lipinski definition) is 4. The first-order chi connectivity index (χ1) is 14.7. The average molecular weight is 452 g/mol. The Hall–Kier alpha value is -3.40. The molecule has 3 rings (SSSR count). The summed E-state index contributed by atoms with van der Waals surface area (Å²) in [5.41, 5.74) is -0.275. The van der Waals surface area contributed by atoms with Gasteiger partial charge in [0.15, 0.2) is 0 Å². The summed E-state index contributed by atoms with van der Waals surface area (Å²) in [6.45, 7) is 0.216. The van der Waals surface area contributed by atoms with E-state index < -0.39 is 17.6 Å². The highest BCUT2D eigenvalue weighted by Gasteiger charge is 2.31. The second-order valence-corrected chi connectivity index (χ2v) is 6.92. The van der Waals surface area contributed by atoms with Gasteiger partial charge in [-0.3, -0.25) is 9.59 Å². The van der Waals surface area contributed by atoms with E-state index in [0.29, 0.717) is 17.0 Å². The third kappa shape index (κ3) is 6.05. The number of nitrogens with zero attached hydrogens (tertiary/aromatic N) is 3. The Bertz CT molecular complexity index is 1050. The topological polar surface area (TPSA) is 88.9 Å². The molecular formula is C20H17ClF3N5O2. The molecule has 0 aliphatic heterocycles. The van der Waals surface area contributed by atoms with Crippen molar-refractivity contribution in [2.24, 2.45) is 0 Å². The van der Waals surface area contributed by atoms with Crippen LogP contribution in [0.15, 0.2) is 55.1 Å². The number of carbonyl (C=O) groups is 2. The number of benzene rings is 2. The van der Waals surface area contributed by atoms with Crippen molar-refractivity contribution in [3.8, 4) is 5.69 Å². The summed E-state index contributed by atoms with van der Waals surface area (Å²) < 4.78 is 40.5. The van der Waals surface area contributed by atoms with Gasteiger partial charge in [0, 0.05) is 23.6 Å². The lowest BCUT2D eigenvalue weighted by Crippen LogP contribution is -2.25. The fraction of sp³-hybridized carbons (Fsp3) is 0.200. The number of nitrogens with one attached hydrogen (secondary N) is 2. The van der Waals surface area contributed by atoms with E-state index in [1.807, 2.05) is 0 Å². The van der Waals surface area contributed by atoms with Crippen molar-refractivity contribution in [1.29, 1.82) is 0 Å². The van der Waals surface area contributed by atoms with Gasteiger partial charge in [-0.05, 0) is 48.9 Å². The SMILES string of the molecule is O=C(CCCNC(=O)c1ccc(Cl)cc1)Nc1cc(C(F)(F)F)ccc1-n1cncn1. The minimum Gasteiger partial charge on any atom is -0.352 e. The van der Waals surface area contributed by atoms with Crippen molar-refractivity contribution in [2.75, 3.05) is 11.9 Å². The van der Waals surface area contributed by atoms with E-state index in [2.05, 4.69) is 20.7 Å². The van der Waals surface area contributed by atoms with Crippen molar-refractivity contribution in [3.05, 3.63) is 71.3 Å². The summed E-state index contributed by atoms with van der Waals surface area (Å²) in [7, 11) is 0. The zero-order chi connectivity index (χ0) is 22.4. The first-order valence-corrected chi connectivity index (χ1v) is 9.52. The van der Waals surface area contributed by atoms with Gasteiger partial charge in [0.2, 0.25) is 5.91 Å². The number of aromatic nitrogens is 3. The molecule has 1 aromatic heterocycles. The van der Waals surface area contributed by atoms with Crippen LogP contribution in [-0.4, -0.2) is 33.1 Å². The highest BCUT2D eigenvalue weighted by molar-refractivity contribution is 6.30. The standard InChI is InChI=1S/C20H17ClF3N5O2/c21-15-6-3-13(4-7-15)19(31)26-9-1-2-18(30)28-16-10-14(20(22,23)24)5-8-17(16)29-12-25-11-27-29/h3-8,10-12H,1-2,9H2,(H,26,31)(H,28,30). The van der Waals surface area contributed by atoms with E-state index in [4.69, 9.17) is 11.6 Å². The predicted molar refractivity (Wildman–Crippen MR) is 108 cm³/mol. The van der Waals surface area contributed by atoms with Crippen molar-refractivity contribution in [2.45, 2.75) is 19.0 Å². The molecule has 31 heavy (non-hydrogen) atoms. The molecule has 1 heterocycles. The molecule has 0 fully saturated rings. The molecule has 11 heteroatoms. The minimum atomic E-state index is -4.56. The molecule has 0 radical (unpaired) electrons. The fourth-order valence-corrected chi connectivity index (χ4v) is 2.84. The van der Waals surface area contributed by atoms with Crippen LogP contribution in [0.3, 0.4) is 0 Å². The van der Waals surface area contributed by atoms with Crippen LogP contribution in [0.2, 0.25) is 5.02 Å². The van der Waals surface area contributed by atoms with Crippen LogP contribution in [-0.2, 0) is 11.0 Å². The summed E-state index contributed by atoms with van der Waals surface area (Å²) in [5, 5.41) is 9.55. The van der Waals surface area contributed by atoms with E-state index in [-0.39, 0.29) is 30.2 Å². The van der Waals surface area contributed by atoms with Crippen LogP contribution in [0.25, 0.3) is 5.69 Å². The zero-order valence-electron chi connectivity index (χ0n) is 16.0. The molecule has 0 atom stereocenters. The smallest absolute Gasteiger partial charge is 0.352 e. The van der Waals surface area contributed by atoms with Gasteiger partial charge in [-0.2, -0.15) is 18.3 Å². The minimum absolute atomic E-state index is 0.00601. The molecular weight excluding hydrogens is 435 g/mol. The number of carbonyl (C=O) groups excluding carboxylic acids is 2. The molecule has 7 nitrogen and oxygen atoms in total. The molecule has 162 valence electrons. The summed E-state index contributed by atoms with van der Waals surface area (Å²) in [6.07, 6.45) is -1.74. The number of amides is 2. The summed E-state index contributed by atoms with van der Waals surface area (Å²) in [6, 6.07) is 9.28. The highest BCUT2D eigenvalue weighted by atomic mass is 35.5. The van der Waals surface area contributed by atoms with E-state index >= 15 is 0 Å². The Kier molecular flexibility index (Phi) is 6.91. The molecule has 0 bridgehead atoms. The molecule has 0 aliphatic rings. The molecule has 3 aromatic rings. The quantitative estimate of drug-likeness (QED) is 0.529. The third-order valence-corrected chi connectivity index (χ3v) is 4.49. The molecule has 2 amide bonds. The van der Waals surface area contributed by atoms with Gasteiger partial charge in [0.25, 0.3) is 5.91 Å². The highest BCUT2D eigenvalue weighted by Crippen LogP contribution is 2.33. The van der Waals surface area contributed by atoms with Crippen LogP contribution >= 0.6 is 11.6 Å². The largest absolute Gasteiger partial charge is 0.416 e. The Morgan fingerprint density at radius 2 is 1.84 bits per heavy atom. The Labute approximate surface area is 180 Å². The maximum absolute atomic E-state index is 13.1. The lowest BCUT2D eigenvalue weighted by Gasteiger charge is -2.14. The maximum atomic E-state index is 13.1. The number of halogens is 4. The maximum Gasteiger partial charge on any atom is 0.416 e. The van der Waals surface area contributed by atoms with Crippen LogP contribution in [0.1, 0.15) is 28.8 Å². The molecule has 2 N–H and O–H groups in total. The molecule has 2 aromatic carbocycles. The number of hydrogen-bond donors (Lipinski definition) is 2. The van der Waals surface area contributed by atoms with E-state index in [0.717, 1.165) is 12.1 Å². The summed E-state index contributed by atoms with van der Waals surface area (Å²) in [5.74, 6) is -0.815. The predicted octanol–water partition coefficient (Wildman–Crippen LogP) is 4.09. The van der Waals surface area contributed by atoms with Gasteiger partial charge in [-0.25, -0.2) is 9.67 Å². The molecule has 0 saturated heterocycles. The molecule has 0 aliphatic carbocycles. The summed E-state index contributed by atoms with van der Waals surface area (Å²) in [4.78, 5) is 28.1. The van der Waals surface area contributed by atoms with Gasteiger partial charge < -0.3 is 10.6 Å². The third-order valence-electron chi connectivity index (χ3n) is 4.24. The van der Waals surface area contributed by atoms with Crippen LogP contribution < -0.4 is 10.6 Å². The lowest BCUT2D eigenvalue weighted by atomic mass is 10.1. The van der Waals surface area contributed by atoms with Gasteiger partial charge in [0.1, 0.15) is 12.7 Å². The second-order valence-electron chi connectivity index (χ2n) is 6.48. The van der Waals surface area contributed by atoms with Crippen molar-refractivity contribution in [3.63, 3.8) is 0 Å². The van der Waals surface area contributed by atoms with E-state index in [9.17, 15) is 22.8 Å². The average Bonchev–Trinajstić information content (AvgIpc) is 3.25. The van der Waals surface area contributed by atoms with E-state index in [1.54, 1.807) is 24.3 Å². The monoisotopic (exact) mass is 451 g/mol. The van der Waals surface area contributed by atoms with E-state index in [1.165, 1.54) is 23.4 Å². The molecule has 0 spiro atoms. The Morgan fingerprint density at radius 1 is 1.10 bits per heavy atom. The normalized spacial score (nSPS) is 11.2. The number of anilines is 1. The lowest BCUT2D eigenvalue weighted by molar-refractivity contribution is -0.137. The first kappa shape index (κ1) is 22.3. The van der Waals surface area contributed by atoms with Gasteiger partial charge in [-0.15, -0.1) is 0 Å². The molecule has 0 unspecified atom stereocenters. The van der Waals surface area contributed by atoms with Gasteiger partial charge >= 0.3 is 6.18 Å².